The molecule has 1 aromatic rings. The minimum Gasteiger partial charge on any atom is -0.478 e. The third-order valence-electron chi connectivity index (χ3n) is 2.31. The molecule has 0 saturated heterocycles. The van der Waals surface area contributed by atoms with E-state index in [1.54, 1.807) is 25.1 Å². The smallest absolute Gasteiger partial charge is 0.331 e. The molecule has 0 bridgehead atoms. The van der Waals surface area contributed by atoms with Gasteiger partial charge < -0.3 is 10.4 Å². The van der Waals surface area contributed by atoms with Gasteiger partial charge in [-0.25, -0.2) is 4.79 Å². The Labute approximate surface area is 110 Å². The van der Waals surface area contributed by atoms with Gasteiger partial charge in [0.25, 0.3) is 0 Å². The van der Waals surface area contributed by atoms with E-state index in [1.807, 2.05) is 0 Å². The Bertz CT molecular complexity index is 509. The first-order valence-electron chi connectivity index (χ1n) is 5.45. The van der Waals surface area contributed by atoms with Crippen LogP contribution in [0.1, 0.15) is 25.8 Å². The Balaban J connectivity index is 3.24. The zero-order valence-corrected chi connectivity index (χ0v) is 10.9. The highest BCUT2D eigenvalue weighted by Gasteiger charge is 2.08. The third-order valence-corrected chi connectivity index (χ3v) is 2.54. The van der Waals surface area contributed by atoms with E-state index in [1.165, 1.54) is 13.0 Å². The lowest BCUT2D eigenvalue weighted by molar-refractivity contribution is -0.132. The molecule has 4 nitrogen and oxygen atoms in total. The minimum atomic E-state index is -0.980. The number of carboxylic acids is 1. The maximum atomic E-state index is 11.1. The Morgan fingerprint density at radius 3 is 2.61 bits per heavy atom. The van der Waals surface area contributed by atoms with Gasteiger partial charge in [0.05, 0.1) is 0 Å². The number of carbonyl (C=O) groups excluding carboxylic acids is 1. The molecule has 0 aliphatic carbocycles. The second-order valence-corrected chi connectivity index (χ2v) is 4.18. The molecule has 5 heteroatoms. The van der Waals surface area contributed by atoms with Crippen molar-refractivity contribution in [3.05, 3.63) is 34.4 Å². The Hall–Kier alpha value is -1.81. The molecule has 0 atom stereocenters. The number of anilines is 1. The van der Waals surface area contributed by atoms with Gasteiger partial charge in [-0.2, -0.15) is 0 Å². The van der Waals surface area contributed by atoms with Crippen LogP contribution in [-0.2, 0) is 9.59 Å². The number of hydrogen-bond donors (Lipinski definition) is 2. The van der Waals surface area contributed by atoms with E-state index < -0.39 is 5.97 Å². The molecular weight excluding hydrogens is 254 g/mol. The summed E-state index contributed by atoms with van der Waals surface area (Å²) in [5, 5.41) is 12.1. The third kappa shape index (κ3) is 3.89. The summed E-state index contributed by atoms with van der Waals surface area (Å²) in [6, 6.07) is 4.90. The number of amides is 1. The Morgan fingerprint density at radius 2 is 2.11 bits per heavy atom. The first kappa shape index (κ1) is 14.3. The van der Waals surface area contributed by atoms with Crippen molar-refractivity contribution in [2.24, 2.45) is 0 Å². The highest BCUT2D eigenvalue weighted by Crippen LogP contribution is 2.24. The van der Waals surface area contributed by atoms with Crippen LogP contribution in [0.5, 0.6) is 0 Å². The summed E-state index contributed by atoms with van der Waals surface area (Å²) < 4.78 is 0. The van der Waals surface area contributed by atoms with Crippen molar-refractivity contribution < 1.29 is 14.7 Å². The van der Waals surface area contributed by atoms with Crippen LogP contribution >= 0.6 is 11.6 Å². The fourth-order valence-corrected chi connectivity index (χ4v) is 1.64. The van der Waals surface area contributed by atoms with Crippen molar-refractivity contribution in [1.82, 2.24) is 0 Å². The van der Waals surface area contributed by atoms with Gasteiger partial charge in [0, 0.05) is 28.8 Å². The van der Waals surface area contributed by atoms with E-state index >= 15 is 0 Å². The molecule has 1 rings (SSSR count). The quantitative estimate of drug-likeness (QED) is 0.824. The molecule has 0 heterocycles. The fraction of sp³-hybridized carbons (Fsp3) is 0.231. The van der Waals surface area contributed by atoms with Crippen molar-refractivity contribution in [1.29, 1.82) is 0 Å². The summed E-state index contributed by atoms with van der Waals surface area (Å²) >= 11 is 5.87. The van der Waals surface area contributed by atoms with Gasteiger partial charge in [-0.1, -0.05) is 18.5 Å². The summed E-state index contributed by atoms with van der Waals surface area (Å²) in [5.41, 5.74) is 1.37. The van der Waals surface area contributed by atoms with Gasteiger partial charge in [0.1, 0.15) is 0 Å². The number of rotatable bonds is 4. The van der Waals surface area contributed by atoms with E-state index in [-0.39, 0.29) is 11.5 Å². The maximum absolute atomic E-state index is 11.1. The Kier molecular flexibility index (Phi) is 4.92. The minimum absolute atomic E-state index is 0.222. The molecule has 0 fully saturated rings. The van der Waals surface area contributed by atoms with Crippen LogP contribution < -0.4 is 5.32 Å². The lowest BCUT2D eigenvalue weighted by atomic mass is 10.1. The number of carboxylic acid groups (broad SMARTS) is 1. The van der Waals surface area contributed by atoms with Crippen molar-refractivity contribution in [2.75, 3.05) is 5.32 Å². The summed E-state index contributed by atoms with van der Waals surface area (Å²) in [4.78, 5) is 22.0. The van der Waals surface area contributed by atoms with Crippen LogP contribution in [-0.4, -0.2) is 17.0 Å². The van der Waals surface area contributed by atoms with Crippen LogP contribution in [0, 0.1) is 0 Å². The lowest BCUT2D eigenvalue weighted by Crippen LogP contribution is -2.07. The molecular formula is C13H14ClNO3. The molecule has 0 aliphatic rings. The van der Waals surface area contributed by atoms with Crippen LogP contribution in [0.4, 0.5) is 5.69 Å². The highest BCUT2D eigenvalue weighted by atomic mass is 35.5. The Morgan fingerprint density at radius 1 is 1.44 bits per heavy atom. The van der Waals surface area contributed by atoms with Crippen LogP contribution in [0.2, 0.25) is 5.02 Å². The predicted molar refractivity (Wildman–Crippen MR) is 71.7 cm³/mol. The molecule has 1 amide bonds. The lowest BCUT2D eigenvalue weighted by Gasteiger charge is -2.08. The van der Waals surface area contributed by atoms with Gasteiger partial charge in [0.15, 0.2) is 0 Å². The molecule has 0 radical (unpaired) electrons. The molecule has 0 aliphatic heterocycles. The van der Waals surface area contributed by atoms with Crippen molar-refractivity contribution in [3.8, 4) is 0 Å². The molecule has 1 aromatic carbocycles. The molecule has 0 aromatic heterocycles. The number of halogens is 1. The second-order valence-electron chi connectivity index (χ2n) is 3.74. The molecule has 0 saturated carbocycles. The fourth-order valence-electron chi connectivity index (χ4n) is 1.46. The molecule has 0 spiro atoms. The van der Waals surface area contributed by atoms with Gasteiger partial charge in [0.2, 0.25) is 5.91 Å². The topological polar surface area (TPSA) is 66.4 Å². The van der Waals surface area contributed by atoms with Gasteiger partial charge in [-0.05, 0) is 30.7 Å². The summed E-state index contributed by atoms with van der Waals surface area (Å²) in [5.74, 6) is -1.20. The van der Waals surface area contributed by atoms with E-state index in [0.29, 0.717) is 22.7 Å². The summed E-state index contributed by atoms with van der Waals surface area (Å²) in [7, 11) is 0. The number of carbonyl (C=O) groups is 2. The summed E-state index contributed by atoms with van der Waals surface area (Å²) in [6.45, 7) is 3.14. The second kappa shape index (κ2) is 6.21. The highest BCUT2D eigenvalue weighted by molar-refractivity contribution is 6.30. The standard InChI is InChI=1S/C13H14ClNO3/c1-3-9(13(17)18)6-10-7-11(14)4-5-12(10)15-8(2)16/h4-7H,3H2,1-2H3,(H,15,16)(H,17,18). The SMILES string of the molecule is CCC(=Cc1cc(Cl)ccc1NC(C)=O)C(=O)O. The number of aliphatic carboxylic acids is 1. The molecule has 18 heavy (non-hydrogen) atoms. The predicted octanol–water partition coefficient (Wildman–Crippen LogP) is 3.18. The van der Waals surface area contributed by atoms with E-state index in [2.05, 4.69) is 5.32 Å². The van der Waals surface area contributed by atoms with E-state index in [0.717, 1.165) is 0 Å². The van der Waals surface area contributed by atoms with Gasteiger partial charge >= 0.3 is 5.97 Å². The molecule has 96 valence electrons. The number of benzene rings is 1. The number of hydrogen-bond acceptors (Lipinski definition) is 2. The average Bonchev–Trinajstić information content (AvgIpc) is 2.28. The molecule has 0 unspecified atom stereocenters. The molecule has 2 N–H and O–H groups in total. The van der Waals surface area contributed by atoms with Crippen LogP contribution in [0.15, 0.2) is 23.8 Å². The zero-order chi connectivity index (χ0) is 13.7. The van der Waals surface area contributed by atoms with Crippen LogP contribution in [0.25, 0.3) is 6.08 Å². The van der Waals surface area contributed by atoms with Crippen molar-refractivity contribution in [3.63, 3.8) is 0 Å². The first-order valence-corrected chi connectivity index (χ1v) is 5.82. The van der Waals surface area contributed by atoms with E-state index in [4.69, 9.17) is 16.7 Å². The number of nitrogens with one attached hydrogen (secondary N) is 1. The van der Waals surface area contributed by atoms with Crippen molar-refractivity contribution in [2.45, 2.75) is 20.3 Å². The first-order chi connectivity index (χ1) is 8.43. The van der Waals surface area contributed by atoms with Gasteiger partial charge in [-0.15, -0.1) is 0 Å². The summed E-state index contributed by atoms with van der Waals surface area (Å²) in [6.07, 6.45) is 1.90. The van der Waals surface area contributed by atoms with Crippen molar-refractivity contribution >= 4 is 35.2 Å². The van der Waals surface area contributed by atoms with Gasteiger partial charge in [-0.3, -0.25) is 4.79 Å². The van der Waals surface area contributed by atoms with Crippen LogP contribution in [0.3, 0.4) is 0 Å². The zero-order valence-electron chi connectivity index (χ0n) is 10.2. The van der Waals surface area contributed by atoms with E-state index in [9.17, 15) is 9.59 Å². The average molecular weight is 268 g/mol. The normalized spacial score (nSPS) is 11.2. The largest absolute Gasteiger partial charge is 0.478 e. The monoisotopic (exact) mass is 267 g/mol. The maximum Gasteiger partial charge on any atom is 0.331 e.